The van der Waals surface area contributed by atoms with E-state index in [2.05, 4.69) is 36.4 Å². The number of imidazole rings is 1. The molecule has 1 aromatic carbocycles. The van der Waals surface area contributed by atoms with Crippen LogP contribution in [-0.2, 0) is 11.3 Å². The summed E-state index contributed by atoms with van der Waals surface area (Å²) in [6.45, 7) is 8.85. The van der Waals surface area contributed by atoms with Gasteiger partial charge < -0.3 is 15.0 Å². The maximum absolute atomic E-state index is 6.00. The topological polar surface area (TPSA) is 53.1 Å². The molecule has 0 fully saturated rings. The molecule has 2 aromatic rings. The van der Waals surface area contributed by atoms with Gasteiger partial charge in [-0.2, -0.15) is 0 Å². The number of nitrogens with two attached hydrogens (primary N) is 1. The highest BCUT2D eigenvalue weighted by Gasteiger charge is 2.09. The summed E-state index contributed by atoms with van der Waals surface area (Å²) in [6.07, 6.45) is 0.955. The molecule has 0 spiro atoms. The quantitative estimate of drug-likeness (QED) is 0.813. The van der Waals surface area contributed by atoms with Crippen LogP contribution in [0, 0.1) is 12.8 Å². The lowest BCUT2D eigenvalue weighted by Gasteiger charge is -2.09. The van der Waals surface area contributed by atoms with Gasteiger partial charge in [-0.25, -0.2) is 4.98 Å². The second-order valence-electron chi connectivity index (χ2n) is 5.39. The number of rotatable bonds is 6. The Balaban J connectivity index is 2.02. The zero-order valence-electron chi connectivity index (χ0n) is 12.0. The minimum absolute atomic E-state index is 0.585. The lowest BCUT2D eigenvalue weighted by atomic mass is 10.2. The van der Waals surface area contributed by atoms with Gasteiger partial charge in [0.25, 0.3) is 0 Å². The fourth-order valence-corrected chi connectivity index (χ4v) is 2.25. The number of ether oxygens (including phenoxy) is 1. The number of aromatic nitrogens is 2. The maximum atomic E-state index is 6.00. The summed E-state index contributed by atoms with van der Waals surface area (Å²) in [5, 5.41) is 0. The van der Waals surface area contributed by atoms with Crippen LogP contribution in [-0.4, -0.2) is 22.8 Å². The third-order valence-electron chi connectivity index (χ3n) is 3.12. The van der Waals surface area contributed by atoms with Gasteiger partial charge in [-0.15, -0.1) is 0 Å². The predicted molar refractivity (Wildman–Crippen MR) is 79.2 cm³/mol. The van der Waals surface area contributed by atoms with Gasteiger partial charge in [-0.05, 0) is 30.9 Å². The molecule has 0 aliphatic rings. The number of nitrogens with zero attached hydrogens (tertiary/aromatic N) is 2. The Morgan fingerprint density at radius 2 is 2.16 bits per heavy atom. The number of fused-ring (bicyclic) bond motifs is 1. The maximum Gasteiger partial charge on any atom is 0.201 e. The first kappa shape index (κ1) is 13.9. The van der Waals surface area contributed by atoms with Crippen LogP contribution in [0.15, 0.2) is 18.2 Å². The molecule has 0 unspecified atom stereocenters. The number of benzene rings is 1. The van der Waals surface area contributed by atoms with E-state index in [9.17, 15) is 0 Å². The second kappa shape index (κ2) is 6.06. The highest BCUT2D eigenvalue weighted by Crippen LogP contribution is 2.21. The summed E-state index contributed by atoms with van der Waals surface area (Å²) >= 11 is 0. The van der Waals surface area contributed by atoms with E-state index in [1.54, 1.807) is 0 Å². The first-order chi connectivity index (χ1) is 9.09. The van der Waals surface area contributed by atoms with E-state index < -0.39 is 0 Å². The van der Waals surface area contributed by atoms with Crippen LogP contribution in [0.1, 0.15) is 25.8 Å². The summed E-state index contributed by atoms with van der Waals surface area (Å²) in [6, 6.07) is 6.11. The molecule has 0 aliphatic heterocycles. The molecule has 1 heterocycles. The van der Waals surface area contributed by atoms with Crippen molar-refractivity contribution >= 4 is 17.0 Å². The molecule has 4 heteroatoms. The van der Waals surface area contributed by atoms with Crippen LogP contribution >= 0.6 is 0 Å². The number of anilines is 1. The number of hydrogen-bond donors (Lipinski definition) is 1. The van der Waals surface area contributed by atoms with Crippen LogP contribution in [0.4, 0.5) is 5.95 Å². The van der Waals surface area contributed by atoms with Crippen molar-refractivity contribution in [3.63, 3.8) is 0 Å². The summed E-state index contributed by atoms with van der Waals surface area (Å²) in [4.78, 5) is 4.40. The molecule has 4 nitrogen and oxygen atoms in total. The van der Waals surface area contributed by atoms with E-state index >= 15 is 0 Å². The molecule has 0 amide bonds. The molecule has 1 aromatic heterocycles. The van der Waals surface area contributed by atoms with Crippen molar-refractivity contribution in [3.05, 3.63) is 23.8 Å². The molecule has 19 heavy (non-hydrogen) atoms. The zero-order valence-corrected chi connectivity index (χ0v) is 12.0. The van der Waals surface area contributed by atoms with E-state index in [4.69, 9.17) is 10.5 Å². The Morgan fingerprint density at radius 3 is 2.89 bits per heavy atom. The SMILES string of the molecule is Cc1cccc2nc(N)n(CCCOCC(C)C)c12. The fourth-order valence-electron chi connectivity index (χ4n) is 2.25. The van der Waals surface area contributed by atoms with Crippen LogP contribution in [0.2, 0.25) is 0 Å². The Labute approximate surface area is 114 Å². The van der Waals surface area contributed by atoms with Crippen molar-refractivity contribution in [2.45, 2.75) is 33.7 Å². The first-order valence-corrected chi connectivity index (χ1v) is 6.88. The highest BCUT2D eigenvalue weighted by molar-refractivity contribution is 5.81. The average Bonchev–Trinajstić information content (AvgIpc) is 2.66. The van der Waals surface area contributed by atoms with E-state index in [0.717, 1.165) is 37.2 Å². The van der Waals surface area contributed by atoms with Crippen molar-refractivity contribution < 1.29 is 4.74 Å². The molecule has 2 rings (SSSR count). The summed E-state index contributed by atoms with van der Waals surface area (Å²) in [5.41, 5.74) is 9.32. The van der Waals surface area contributed by atoms with Crippen molar-refractivity contribution in [2.75, 3.05) is 18.9 Å². The molecular formula is C15H23N3O. The molecule has 0 saturated heterocycles. The molecule has 0 aliphatic carbocycles. The smallest absolute Gasteiger partial charge is 0.201 e. The largest absolute Gasteiger partial charge is 0.381 e. The third-order valence-corrected chi connectivity index (χ3v) is 3.12. The molecule has 0 atom stereocenters. The zero-order chi connectivity index (χ0) is 13.8. The van der Waals surface area contributed by atoms with Gasteiger partial charge in [0.05, 0.1) is 11.0 Å². The predicted octanol–water partition coefficient (Wildman–Crippen LogP) is 2.99. The van der Waals surface area contributed by atoms with Gasteiger partial charge in [0.1, 0.15) is 0 Å². The standard InChI is InChI=1S/C15H23N3O/c1-11(2)10-19-9-5-8-18-14-12(3)6-4-7-13(14)17-15(18)16/h4,6-7,11H,5,8-10H2,1-3H3,(H2,16,17). The number of hydrogen-bond acceptors (Lipinski definition) is 3. The normalized spacial score (nSPS) is 11.6. The number of nitrogen functional groups attached to an aromatic ring is 1. The van der Waals surface area contributed by atoms with Crippen molar-refractivity contribution in [1.29, 1.82) is 0 Å². The Morgan fingerprint density at radius 1 is 1.37 bits per heavy atom. The molecule has 0 bridgehead atoms. The molecule has 0 radical (unpaired) electrons. The van der Waals surface area contributed by atoms with E-state index in [-0.39, 0.29) is 0 Å². The monoisotopic (exact) mass is 261 g/mol. The van der Waals surface area contributed by atoms with Gasteiger partial charge in [0.15, 0.2) is 0 Å². The second-order valence-corrected chi connectivity index (χ2v) is 5.39. The van der Waals surface area contributed by atoms with E-state index in [1.807, 2.05) is 12.1 Å². The summed E-state index contributed by atoms with van der Waals surface area (Å²) < 4.78 is 7.69. The van der Waals surface area contributed by atoms with E-state index in [1.165, 1.54) is 5.56 Å². The van der Waals surface area contributed by atoms with Crippen molar-refractivity contribution in [3.8, 4) is 0 Å². The van der Waals surface area contributed by atoms with Gasteiger partial charge in [0.2, 0.25) is 5.95 Å². The van der Waals surface area contributed by atoms with Crippen LogP contribution in [0.5, 0.6) is 0 Å². The van der Waals surface area contributed by atoms with Gasteiger partial charge >= 0.3 is 0 Å². The molecule has 0 saturated carbocycles. The van der Waals surface area contributed by atoms with Crippen molar-refractivity contribution in [2.24, 2.45) is 5.92 Å². The van der Waals surface area contributed by atoms with Crippen molar-refractivity contribution in [1.82, 2.24) is 9.55 Å². The number of para-hydroxylation sites is 1. The minimum atomic E-state index is 0.585. The first-order valence-electron chi connectivity index (χ1n) is 6.88. The molecular weight excluding hydrogens is 238 g/mol. The van der Waals surface area contributed by atoms with E-state index in [0.29, 0.717) is 11.9 Å². The fraction of sp³-hybridized carbons (Fsp3) is 0.533. The van der Waals surface area contributed by atoms with Crippen LogP contribution in [0.25, 0.3) is 11.0 Å². The average molecular weight is 261 g/mol. The highest BCUT2D eigenvalue weighted by atomic mass is 16.5. The van der Waals surface area contributed by atoms with Gasteiger partial charge in [0, 0.05) is 19.8 Å². The number of aryl methyl sites for hydroxylation is 2. The Bertz CT molecular complexity index is 546. The summed E-state index contributed by atoms with van der Waals surface area (Å²) in [7, 11) is 0. The van der Waals surface area contributed by atoms with Crippen LogP contribution in [0.3, 0.4) is 0 Å². The van der Waals surface area contributed by atoms with Gasteiger partial charge in [-0.3, -0.25) is 0 Å². The lowest BCUT2D eigenvalue weighted by Crippen LogP contribution is -2.08. The Kier molecular flexibility index (Phi) is 4.43. The lowest BCUT2D eigenvalue weighted by molar-refractivity contribution is 0.105. The van der Waals surface area contributed by atoms with Gasteiger partial charge in [-0.1, -0.05) is 26.0 Å². The molecule has 104 valence electrons. The summed E-state index contributed by atoms with van der Waals surface area (Å²) in [5.74, 6) is 1.18. The third kappa shape index (κ3) is 3.26. The van der Waals surface area contributed by atoms with Crippen LogP contribution < -0.4 is 5.73 Å². The Hall–Kier alpha value is -1.55. The molecule has 2 N–H and O–H groups in total. The minimum Gasteiger partial charge on any atom is -0.381 e.